The van der Waals surface area contributed by atoms with Gasteiger partial charge >= 0.3 is 0 Å². The van der Waals surface area contributed by atoms with Gasteiger partial charge in [-0.25, -0.2) is 0 Å². The average Bonchev–Trinajstić information content (AvgIpc) is 2.31. The van der Waals surface area contributed by atoms with Crippen LogP contribution in [0.2, 0.25) is 0 Å². The monoisotopic (exact) mass is 182 g/mol. The molecule has 0 aliphatic carbocycles. The third kappa shape index (κ3) is 2.76. The van der Waals surface area contributed by atoms with E-state index in [1.165, 1.54) is 0 Å². The summed E-state index contributed by atoms with van der Waals surface area (Å²) in [4.78, 5) is 0. The molecule has 1 N–H and O–H groups in total. The van der Waals surface area contributed by atoms with Crippen molar-refractivity contribution in [1.29, 1.82) is 0 Å². The topological polar surface area (TPSA) is 38.0 Å². The van der Waals surface area contributed by atoms with Crippen LogP contribution in [0, 0.1) is 5.92 Å². The van der Waals surface area contributed by atoms with Crippen LogP contribution in [0.3, 0.4) is 0 Å². The lowest BCUT2D eigenvalue weighted by molar-refractivity contribution is 0.462. The minimum absolute atomic E-state index is 0.335. The maximum Gasteiger partial charge on any atom is 0.156 e. The Bertz CT molecular complexity index is 266. The van der Waals surface area contributed by atoms with Crippen LogP contribution < -0.4 is 0 Å². The molecule has 74 valence electrons. The maximum atomic E-state index is 9.52. The van der Waals surface area contributed by atoms with Crippen molar-refractivity contribution in [2.45, 2.75) is 40.2 Å². The molecule has 0 unspecified atom stereocenters. The number of hydrogen-bond acceptors (Lipinski definition) is 2. The predicted octanol–water partition coefficient (Wildman–Crippen LogP) is 2.20. The molecule has 1 aromatic rings. The minimum atomic E-state index is 0.335. The Morgan fingerprint density at radius 3 is 2.77 bits per heavy atom. The minimum Gasteiger partial charge on any atom is -0.504 e. The summed E-state index contributed by atoms with van der Waals surface area (Å²) in [6.45, 7) is 7.23. The predicted molar refractivity (Wildman–Crippen MR) is 52.7 cm³/mol. The number of rotatable bonds is 4. The van der Waals surface area contributed by atoms with Gasteiger partial charge < -0.3 is 5.11 Å². The molecule has 0 amide bonds. The number of aryl methyl sites for hydroxylation is 1. The zero-order chi connectivity index (χ0) is 9.84. The first kappa shape index (κ1) is 10.1. The highest BCUT2D eigenvalue weighted by Crippen LogP contribution is 2.18. The smallest absolute Gasteiger partial charge is 0.156 e. The van der Waals surface area contributed by atoms with Gasteiger partial charge in [-0.15, -0.1) is 0 Å². The normalized spacial score (nSPS) is 11.1. The summed E-state index contributed by atoms with van der Waals surface area (Å²) in [6.07, 6.45) is 3.60. The molecule has 0 atom stereocenters. The summed E-state index contributed by atoms with van der Waals surface area (Å²) in [6, 6.07) is 0. The molecule has 0 bridgehead atoms. The van der Waals surface area contributed by atoms with E-state index in [9.17, 15) is 5.11 Å². The second kappa shape index (κ2) is 4.30. The number of aromatic nitrogens is 2. The van der Waals surface area contributed by atoms with Gasteiger partial charge in [0.15, 0.2) is 5.75 Å². The highest BCUT2D eigenvalue weighted by atomic mass is 16.3. The van der Waals surface area contributed by atoms with Crippen LogP contribution in [0.15, 0.2) is 6.20 Å². The quantitative estimate of drug-likeness (QED) is 0.775. The van der Waals surface area contributed by atoms with Gasteiger partial charge in [0.2, 0.25) is 0 Å². The molecule has 0 spiro atoms. The molecule has 0 aliphatic rings. The number of nitrogens with zero attached hydrogens (tertiary/aromatic N) is 2. The van der Waals surface area contributed by atoms with E-state index in [4.69, 9.17) is 0 Å². The fourth-order valence-electron chi connectivity index (χ4n) is 1.33. The molecule has 1 aromatic heterocycles. The lowest BCUT2D eigenvalue weighted by Crippen LogP contribution is -2.00. The van der Waals surface area contributed by atoms with Gasteiger partial charge in [-0.2, -0.15) is 5.10 Å². The van der Waals surface area contributed by atoms with Crippen molar-refractivity contribution in [1.82, 2.24) is 9.78 Å². The van der Waals surface area contributed by atoms with Crippen LogP contribution in [-0.4, -0.2) is 14.9 Å². The van der Waals surface area contributed by atoms with Crippen LogP contribution in [0.4, 0.5) is 0 Å². The molecular weight excluding hydrogens is 164 g/mol. The molecule has 0 aromatic carbocycles. The van der Waals surface area contributed by atoms with E-state index in [0.29, 0.717) is 11.7 Å². The molecular formula is C10H18N2O. The van der Waals surface area contributed by atoms with Gasteiger partial charge in [0.1, 0.15) is 5.69 Å². The largest absolute Gasteiger partial charge is 0.504 e. The van der Waals surface area contributed by atoms with Crippen molar-refractivity contribution < 1.29 is 5.11 Å². The first-order valence-corrected chi connectivity index (χ1v) is 4.88. The van der Waals surface area contributed by atoms with E-state index in [-0.39, 0.29) is 0 Å². The average molecular weight is 182 g/mol. The van der Waals surface area contributed by atoms with Crippen molar-refractivity contribution in [2.75, 3.05) is 0 Å². The summed E-state index contributed by atoms with van der Waals surface area (Å²) in [7, 11) is 0. The summed E-state index contributed by atoms with van der Waals surface area (Å²) in [5, 5.41) is 13.8. The molecule has 3 nitrogen and oxygen atoms in total. The second-order valence-corrected chi connectivity index (χ2v) is 3.82. The Hall–Kier alpha value is -0.990. The van der Waals surface area contributed by atoms with E-state index in [0.717, 1.165) is 25.1 Å². The standard InChI is InChI=1S/C10H18N2O/c1-4-5-12-7-10(13)9(11-12)6-8(2)3/h7-8,13H,4-6H2,1-3H3. The molecule has 0 fully saturated rings. The van der Waals surface area contributed by atoms with Crippen molar-refractivity contribution >= 4 is 0 Å². The van der Waals surface area contributed by atoms with E-state index in [2.05, 4.69) is 25.9 Å². The zero-order valence-corrected chi connectivity index (χ0v) is 8.62. The van der Waals surface area contributed by atoms with Crippen LogP contribution in [0.25, 0.3) is 0 Å². The maximum absolute atomic E-state index is 9.52. The fraction of sp³-hybridized carbons (Fsp3) is 0.700. The summed E-state index contributed by atoms with van der Waals surface area (Å²) in [5.41, 5.74) is 0.823. The van der Waals surface area contributed by atoms with Crippen LogP contribution in [-0.2, 0) is 13.0 Å². The molecule has 0 saturated carbocycles. The Balaban J connectivity index is 2.71. The summed E-state index contributed by atoms with van der Waals surface area (Å²) >= 11 is 0. The third-order valence-corrected chi connectivity index (χ3v) is 1.87. The van der Waals surface area contributed by atoms with E-state index < -0.39 is 0 Å². The van der Waals surface area contributed by atoms with E-state index in [1.54, 1.807) is 6.20 Å². The Kier molecular flexibility index (Phi) is 3.34. The molecule has 1 heterocycles. The molecule has 0 aliphatic heterocycles. The van der Waals surface area contributed by atoms with Gasteiger partial charge in [0, 0.05) is 6.54 Å². The zero-order valence-electron chi connectivity index (χ0n) is 8.62. The lowest BCUT2D eigenvalue weighted by Gasteiger charge is -2.00. The lowest BCUT2D eigenvalue weighted by atomic mass is 10.1. The Morgan fingerprint density at radius 2 is 2.23 bits per heavy atom. The number of hydrogen-bond donors (Lipinski definition) is 1. The first-order chi connectivity index (χ1) is 6.13. The van der Waals surface area contributed by atoms with E-state index in [1.807, 2.05) is 4.68 Å². The van der Waals surface area contributed by atoms with Crippen molar-refractivity contribution in [3.8, 4) is 5.75 Å². The summed E-state index contributed by atoms with van der Waals surface area (Å²) < 4.78 is 1.81. The van der Waals surface area contributed by atoms with Crippen LogP contribution >= 0.6 is 0 Å². The van der Waals surface area contributed by atoms with Gasteiger partial charge in [-0.1, -0.05) is 20.8 Å². The van der Waals surface area contributed by atoms with Gasteiger partial charge in [0.05, 0.1) is 6.20 Å². The Labute approximate surface area is 79.4 Å². The number of aromatic hydroxyl groups is 1. The van der Waals surface area contributed by atoms with E-state index >= 15 is 0 Å². The van der Waals surface area contributed by atoms with Gasteiger partial charge in [0.25, 0.3) is 0 Å². The van der Waals surface area contributed by atoms with Crippen molar-refractivity contribution in [3.63, 3.8) is 0 Å². The second-order valence-electron chi connectivity index (χ2n) is 3.82. The SMILES string of the molecule is CCCn1cc(O)c(CC(C)C)n1. The molecule has 0 radical (unpaired) electrons. The van der Waals surface area contributed by atoms with Crippen molar-refractivity contribution in [2.24, 2.45) is 5.92 Å². The van der Waals surface area contributed by atoms with Crippen molar-refractivity contribution in [3.05, 3.63) is 11.9 Å². The third-order valence-electron chi connectivity index (χ3n) is 1.87. The van der Waals surface area contributed by atoms with Gasteiger partial charge in [-0.05, 0) is 18.8 Å². The summed E-state index contributed by atoms with van der Waals surface area (Å²) in [5.74, 6) is 0.873. The molecule has 0 saturated heterocycles. The fourth-order valence-corrected chi connectivity index (χ4v) is 1.33. The van der Waals surface area contributed by atoms with Crippen LogP contribution in [0.5, 0.6) is 5.75 Å². The molecule has 1 rings (SSSR count). The first-order valence-electron chi connectivity index (χ1n) is 4.88. The van der Waals surface area contributed by atoms with Crippen LogP contribution in [0.1, 0.15) is 32.9 Å². The highest BCUT2D eigenvalue weighted by molar-refractivity contribution is 5.22. The molecule has 13 heavy (non-hydrogen) atoms. The Morgan fingerprint density at radius 1 is 1.54 bits per heavy atom. The van der Waals surface area contributed by atoms with Gasteiger partial charge in [-0.3, -0.25) is 4.68 Å². The highest BCUT2D eigenvalue weighted by Gasteiger charge is 2.08. The molecule has 3 heteroatoms.